The Morgan fingerprint density at radius 3 is 2.75 bits per heavy atom. The maximum atomic E-state index is 13.1. The van der Waals surface area contributed by atoms with Crippen molar-refractivity contribution < 1.29 is 14.1 Å². The second kappa shape index (κ2) is 6.01. The van der Waals surface area contributed by atoms with E-state index in [2.05, 4.69) is 5.32 Å². The highest BCUT2D eigenvalue weighted by atomic mass is 19.1. The third kappa shape index (κ3) is 3.23. The van der Waals surface area contributed by atoms with Gasteiger partial charge < -0.3 is 10.1 Å². The van der Waals surface area contributed by atoms with Gasteiger partial charge in [0.2, 0.25) is 0 Å². The minimum atomic E-state index is -0.479. The Labute approximate surface area is 115 Å². The van der Waals surface area contributed by atoms with E-state index in [0.717, 1.165) is 5.56 Å². The summed E-state index contributed by atoms with van der Waals surface area (Å²) in [6, 6.07) is 10.4. The second-order valence-corrected chi connectivity index (χ2v) is 4.13. The number of non-ortho nitro benzene ring substituents is 1. The Morgan fingerprint density at radius 1 is 1.30 bits per heavy atom. The van der Waals surface area contributed by atoms with Crippen LogP contribution in [0.5, 0.6) is 5.75 Å². The molecular weight excluding hydrogens is 263 g/mol. The SMILES string of the molecule is COc1ccc([N+](=O)[O-])cc1NCc1cccc(F)c1. The number of nitrogens with one attached hydrogen (secondary N) is 1. The molecule has 0 radical (unpaired) electrons. The number of nitro benzene ring substituents is 1. The molecule has 0 amide bonds. The first-order valence-corrected chi connectivity index (χ1v) is 5.91. The maximum absolute atomic E-state index is 13.1. The topological polar surface area (TPSA) is 64.4 Å². The summed E-state index contributed by atoms with van der Waals surface area (Å²) in [4.78, 5) is 10.3. The number of ether oxygens (including phenoxy) is 1. The molecule has 0 aliphatic carbocycles. The van der Waals surface area contributed by atoms with Crippen LogP contribution in [0.2, 0.25) is 0 Å². The van der Waals surface area contributed by atoms with Crippen molar-refractivity contribution in [2.45, 2.75) is 6.54 Å². The molecule has 0 aromatic heterocycles. The van der Waals surface area contributed by atoms with Crippen LogP contribution < -0.4 is 10.1 Å². The highest BCUT2D eigenvalue weighted by Gasteiger charge is 2.11. The van der Waals surface area contributed by atoms with Crippen LogP contribution in [-0.4, -0.2) is 12.0 Å². The lowest BCUT2D eigenvalue weighted by Gasteiger charge is -2.11. The number of methoxy groups -OCH3 is 1. The molecule has 0 saturated carbocycles. The standard InChI is InChI=1S/C14H13FN2O3/c1-20-14-6-5-12(17(18)19)8-13(14)16-9-10-3-2-4-11(15)7-10/h2-8,16H,9H2,1H3. The minimum Gasteiger partial charge on any atom is -0.495 e. The molecule has 0 aliphatic heterocycles. The molecule has 0 fully saturated rings. The lowest BCUT2D eigenvalue weighted by Crippen LogP contribution is -2.02. The summed E-state index contributed by atoms with van der Waals surface area (Å²) in [6.07, 6.45) is 0. The van der Waals surface area contributed by atoms with E-state index >= 15 is 0 Å². The fourth-order valence-electron chi connectivity index (χ4n) is 1.79. The predicted octanol–water partition coefficient (Wildman–Crippen LogP) is 3.35. The van der Waals surface area contributed by atoms with Crippen molar-refractivity contribution in [1.82, 2.24) is 0 Å². The molecule has 20 heavy (non-hydrogen) atoms. The largest absolute Gasteiger partial charge is 0.495 e. The lowest BCUT2D eigenvalue weighted by molar-refractivity contribution is -0.384. The van der Waals surface area contributed by atoms with Crippen LogP contribution >= 0.6 is 0 Å². The maximum Gasteiger partial charge on any atom is 0.271 e. The van der Waals surface area contributed by atoms with Crippen molar-refractivity contribution in [2.75, 3.05) is 12.4 Å². The van der Waals surface area contributed by atoms with E-state index in [-0.39, 0.29) is 11.5 Å². The van der Waals surface area contributed by atoms with E-state index in [1.54, 1.807) is 12.1 Å². The van der Waals surface area contributed by atoms with Crippen molar-refractivity contribution in [1.29, 1.82) is 0 Å². The van der Waals surface area contributed by atoms with Gasteiger partial charge in [0.1, 0.15) is 11.6 Å². The number of halogens is 1. The van der Waals surface area contributed by atoms with E-state index in [9.17, 15) is 14.5 Å². The average Bonchev–Trinajstić information content (AvgIpc) is 2.44. The van der Waals surface area contributed by atoms with Crippen LogP contribution in [-0.2, 0) is 6.54 Å². The van der Waals surface area contributed by atoms with Crippen molar-refractivity contribution in [3.63, 3.8) is 0 Å². The molecule has 0 spiro atoms. The molecular formula is C14H13FN2O3. The predicted molar refractivity (Wildman–Crippen MR) is 73.4 cm³/mol. The Kier molecular flexibility index (Phi) is 4.14. The molecule has 2 aromatic rings. The molecule has 0 aliphatic rings. The van der Waals surface area contributed by atoms with Crippen molar-refractivity contribution in [3.8, 4) is 5.75 Å². The van der Waals surface area contributed by atoms with Crippen molar-refractivity contribution in [2.24, 2.45) is 0 Å². The van der Waals surface area contributed by atoms with E-state index in [1.165, 1.54) is 37.4 Å². The molecule has 2 aromatic carbocycles. The summed E-state index contributed by atoms with van der Waals surface area (Å²) in [5.41, 5.74) is 1.19. The highest BCUT2D eigenvalue weighted by Crippen LogP contribution is 2.29. The summed E-state index contributed by atoms with van der Waals surface area (Å²) in [5.74, 6) is 0.169. The summed E-state index contributed by atoms with van der Waals surface area (Å²) in [6.45, 7) is 0.343. The quantitative estimate of drug-likeness (QED) is 0.671. The summed E-state index contributed by atoms with van der Waals surface area (Å²) in [7, 11) is 1.48. The summed E-state index contributed by atoms with van der Waals surface area (Å²) in [5, 5.41) is 13.8. The number of hydrogen-bond acceptors (Lipinski definition) is 4. The number of nitrogens with zero attached hydrogens (tertiary/aromatic N) is 1. The van der Waals surface area contributed by atoms with Gasteiger partial charge in [0.15, 0.2) is 0 Å². The van der Waals surface area contributed by atoms with Gasteiger partial charge in [0.25, 0.3) is 5.69 Å². The molecule has 0 bridgehead atoms. The Hall–Kier alpha value is -2.63. The Bertz CT molecular complexity index is 632. The summed E-state index contributed by atoms with van der Waals surface area (Å²) < 4.78 is 18.2. The normalized spacial score (nSPS) is 10.1. The number of nitro groups is 1. The van der Waals surface area contributed by atoms with Gasteiger partial charge in [-0.3, -0.25) is 10.1 Å². The van der Waals surface area contributed by atoms with E-state index < -0.39 is 4.92 Å². The highest BCUT2D eigenvalue weighted by molar-refractivity contribution is 5.61. The van der Waals surface area contributed by atoms with Gasteiger partial charge in [-0.25, -0.2) is 4.39 Å². The molecule has 0 heterocycles. The number of rotatable bonds is 5. The first-order chi connectivity index (χ1) is 9.60. The number of anilines is 1. The Balaban J connectivity index is 2.19. The van der Waals surface area contributed by atoms with Crippen LogP contribution in [0.4, 0.5) is 15.8 Å². The smallest absolute Gasteiger partial charge is 0.271 e. The first-order valence-electron chi connectivity index (χ1n) is 5.91. The molecule has 104 valence electrons. The first kappa shape index (κ1) is 13.8. The van der Waals surface area contributed by atoms with Crippen LogP contribution in [0.25, 0.3) is 0 Å². The van der Waals surface area contributed by atoms with Crippen molar-refractivity contribution in [3.05, 3.63) is 64.0 Å². The van der Waals surface area contributed by atoms with Gasteiger partial charge in [-0.2, -0.15) is 0 Å². The van der Waals surface area contributed by atoms with Crippen molar-refractivity contribution >= 4 is 11.4 Å². The second-order valence-electron chi connectivity index (χ2n) is 4.13. The zero-order valence-corrected chi connectivity index (χ0v) is 10.8. The molecule has 5 nitrogen and oxygen atoms in total. The lowest BCUT2D eigenvalue weighted by atomic mass is 10.2. The number of hydrogen-bond donors (Lipinski definition) is 1. The molecule has 0 saturated heterocycles. The van der Waals surface area contributed by atoms with Crippen LogP contribution in [0.1, 0.15) is 5.56 Å². The van der Waals surface area contributed by atoms with Gasteiger partial charge in [-0.1, -0.05) is 12.1 Å². The molecule has 0 unspecified atom stereocenters. The number of benzene rings is 2. The van der Waals surface area contributed by atoms with Gasteiger partial charge in [-0.05, 0) is 23.8 Å². The van der Waals surface area contributed by atoms with E-state index in [1.807, 2.05) is 0 Å². The van der Waals surface area contributed by atoms with Gasteiger partial charge in [0, 0.05) is 18.7 Å². The third-order valence-electron chi connectivity index (χ3n) is 2.77. The van der Waals surface area contributed by atoms with Crippen LogP contribution in [0.15, 0.2) is 42.5 Å². The molecule has 2 rings (SSSR count). The fraction of sp³-hybridized carbons (Fsp3) is 0.143. The third-order valence-corrected chi connectivity index (χ3v) is 2.77. The Morgan fingerprint density at radius 2 is 2.10 bits per heavy atom. The molecule has 1 N–H and O–H groups in total. The van der Waals surface area contributed by atoms with E-state index in [0.29, 0.717) is 18.0 Å². The van der Waals surface area contributed by atoms with Crippen LogP contribution in [0.3, 0.4) is 0 Å². The van der Waals surface area contributed by atoms with Gasteiger partial charge in [0.05, 0.1) is 17.7 Å². The molecule has 0 atom stereocenters. The van der Waals surface area contributed by atoms with Crippen LogP contribution in [0, 0.1) is 15.9 Å². The average molecular weight is 276 g/mol. The van der Waals surface area contributed by atoms with E-state index in [4.69, 9.17) is 4.74 Å². The van der Waals surface area contributed by atoms with Gasteiger partial charge >= 0.3 is 0 Å². The minimum absolute atomic E-state index is 0.0347. The zero-order valence-electron chi connectivity index (χ0n) is 10.8. The molecule has 6 heteroatoms. The fourth-order valence-corrected chi connectivity index (χ4v) is 1.79. The summed E-state index contributed by atoms with van der Waals surface area (Å²) >= 11 is 0. The zero-order chi connectivity index (χ0) is 14.5. The monoisotopic (exact) mass is 276 g/mol. The van der Waals surface area contributed by atoms with Gasteiger partial charge in [-0.15, -0.1) is 0 Å².